The van der Waals surface area contributed by atoms with E-state index in [4.69, 9.17) is 0 Å². The molecule has 0 bridgehead atoms. The maximum absolute atomic E-state index is 12.6. The fraction of sp³-hybridized carbons (Fsp3) is 0. The molecule has 1 amide bonds. The number of aromatic amines is 2. The van der Waals surface area contributed by atoms with Gasteiger partial charge in [-0.3, -0.25) is 4.79 Å². The molecule has 4 aromatic rings. The summed E-state index contributed by atoms with van der Waals surface area (Å²) < 4.78 is 0. The molecule has 3 N–H and O–H groups in total. The van der Waals surface area contributed by atoms with Gasteiger partial charge in [0.1, 0.15) is 0 Å². The van der Waals surface area contributed by atoms with E-state index in [1.807, 2.05) is 60.9 Å². The second-order valence-electron chi connectivity index (χ2n) is 4.95. The minimum atomic E-state index is -0.114. The molecule has 0 spiro atoms. The van der Waals surface area contributed by atoms with Crippen LogP contribution in [-0.4, -0.2) is 15.9 Å². The second kappa shape index (κ2) is 4.52. The van der Waals surface area contributed by atoms with Crippen molar-refractivity contribution in [3.8, 4) is 0 Å². The Balaban J connectivity index is 1.76. The Morgan fingerprint density at radius 2 is 1.76 bits per heavy atom. The van der Waals surface area contributed by atoms with Gasteiger partial charge in [0.25, 0.3) is 5.91 Å². The van der Waals surface area contributed by atoms with E-state index < -0.39 is 0 Å². The minimum Gasteiger partial charge on any atom is -0.361 e. The van der Waals surface area contributed by atoms with Crippen LogP contribution in [0.2, 0.25) is 0 Å². The lowest BCUT2D eigenvalue weighted by molar-refractivity contribution is 0.102. The number of hydrogen-bond donors (Lipinski definition) is 3. The maximum atomic E-state index is 12.6. The first-order valence-corrected chi connectivity index (χ1v) is 6.76. The molecule has 0 saturated carbocycles. The zero-order valence-corrected chi connectivity index (χ0v) is 11.2. The molecule has 0 aliphatic heterocycles. The third-order valence-corrected chi connectivity index (χ3v) is 3.68. The Kier molecular flexibility index (Phi) is 2.54. The first-order chi connectivity index (χ1) is 10.3. The fourth-order valence-corrected chi connectivity index (χ4v) is 2.66. The van der Waals surface area contributed by atoms with Crippen molar-refractivity contribution in [3.05, 3.63) is 66.5 Å². The number of amides is 1. The molecule has 4 rings (SSSR count). The van der Waals surface area contributed by atoms with Crippen LogP contribution in [-0.2, 0) is 0 Å². The largest absolute Gasteiger partial charge is 0.361 e. The predicted octanol–water partition coefficient (Wildman–Crippen LogP) is 3.90. The van der Waals surface area contributed by atoms with Gasteiger partial charge in [-0.25, -0.2) is 0 Å². The summed E-state index contributed by atoms with van der Waals surface area (Å²) in [4.78, 5) is 18.8. The quantitative estimate of drug-likeness (QED) is 0.510. The van der Waals surface area contributed by atoms with E-state index in [9.17, 15) is 4.79 Å². The fourth-order valence-electron chi connectivity index (χ4n) is 2.66. The van der Waals surface area contributed by atoms with Crippen LogP contribution < -0.4 is 5.32 Å². The SMILES string of the molecule is O=C(Nc1cccc2[nH]ccc12)c1cccc2cc[nH]c12. The van der Waals surface area contributed by atoms with Gasteiger partial charge in [-0.1, -0.05) is 18.2 Å². The number of aromatic nitrogens is 2. The van der Waals surface area contributed by atoms with Crippen molar-refractivity contribution in [2.24, 2.45) is 0 Å². The topological polar surface area (TPSA) is 60.7 Å². The van der Waals surface area contributed by atoms with Crippen LogP contribution in [0, 0.1) is 0 Å². The van der Waals surface area contributed by atoms with Gasteiger partial charge in [0.2, 0.25) is 0 Å². The normalized spacial score (nSPS) is 11.0. The summed E-state index contributed by atoms with van der Waals surface area (Å²) in [5.74, 6) is -0.114. The maximum Gasteiger partial charge on any atom is 0.257 e. The molecule has 0 saturated heterocycles. The van der Waals surface area contributed by atoms with E-state index in [-0.39, 0.29) is 5.91 Å². The minimum absolute atomic E-state index is 0.114. The lowest BCUT2D eigenvalue weighted by Crippen LogP contribution is -2.12. The lowest BCUT2D eigenvalue weighted by Gasteiger charge is -2.07. The summed E-state index contributed by atoms with van der Waals surface area (Å²) in [5.41, 5.74) is 3.31. The van der Waals surface area contributed by atoms with Crippen molar-refractivity contribution in [2.75, 3.05) is 5.32 Å². The van der Waals surface area contributed by atoms with Gasteiger partial charge in [0.05, 0.1) is 16.8 Å². The molecule has 0 unspecified atom stereocenters. The second-order valence-corrected chi connectivity index (χ2v) is 4.95. The molecule has 4 nitrogen and oxygen atoms in total. The van der Waals surface area contributed by atoms with Crippen LogP contribution in [0.25, 0.3) is 21.8 Å². The van der Waals surface area contributed by atoms with E-state index in [1.54, 1.807) is 0 Å². The first-order valence-electron chi connectivity index (χ1n) is 6.76. The molecule has 0 aliphatic carbocycles. The van der Waals surface area contributed by atoms with Crippen LogP contribution in [0.5, 0.6) is 0 Å². The summed E-state index contributed by atoms with van der Waals surface area (Å²) in [6.07, 6.45) is 3.71. The molecule has 102 valence electrons. The van der Waals surface area contributed by atoms with E-state index in [1.165, 1.54) is 0 Å². The van der Waals surface area contributed by atoms with Gasteiger partial charge in [-0.05, 0) is 30.3 Å². The van der Waals surface area contributed by atoms with E-state index in [2.05, 4.69) is 15.3 Å². The number of benzene rings is 2. The van der Waals surface area contributed by atoms with Crippen LogP contribution in [0.4, 0.5) is 5.69 Å². The molecule has 21 heavy (non-hydrogen) atoms. The van der Waals surface area contributed by atoms with Crippen molar-refractivity contribution in [1.82, 2.24) is 9.97 Å². The summed E-state index contributed by atoms with van der Waals surface area (Å²) in [6.45, 7) is 0. The summed E-state index contributed by atoms with van der Waals surface area (Å²) in [7, 11) is 0. The number of para-hydroxylation sites is 1. The molecular formula is C17H13N3O. The number of carbonyl (C=O) groups excluding carboxylic acids is 1. The summed E-state index contributed by atoms with van der Waals surface area (Å²) in [5, 5.41) is 5.02. The Bertz CT molecular complexity index is 949. The number of nitrogens with one attached hydrogen (secondary N) is 3. The average molecular weight is 275 g/mol. The van der Waals surface area contributed by atoms with Gasteiger partial charge < -0.3 is 15.3 Å². The Hall–Kier alpha value is -3.01. The summed E-state index contributed by atoms with van der Waals surface area (Å²) >= 11 is 0. The first kappa shape index (κ1) is 11.8. The van der Waals surface area contributed by atoms with Gasteiger partial charge in [0.15, 0.2) is 0 Å². The highest BCUT2D eigenvalue weighted by atomic mass is 16.1. The molecule has 0 atom stereocenters. The van der Waals surface area contributed by atoms with Crippen LogP contribution in [0.1, 0.15) is 10.4 Å². The predicted molar refractivity (Wildman–Crippen MR) is 84.6 cm³/mol. The molecule has 0 radical (unpaired) electrons. The lowest BCUT2D eigenvalue weighted by atomic mass is 10.1. The van der Waals surface area contributed by atoms with E-state index in [0.717, 1.165) is 27.5 Å². The number of fused-ring (bicyclic) bond motifs is 2. The van der Waals surface area contributed by atoms with Crippen molar-refractivity contribution in [1.29, 1.82) is 0 Å². The number of carbonyl (C=O) groups is 1. The average Bonchev–Trinajstić information content (AvgIpc) is 3.15. The highest BCUT2D eigenvalue weighted by molar-refractivity contribution is 6.14. The molecule has 2 heterocycles. The Morgan fingerprint density at radius 3 is 2.71 bits per heavy atom. The zero-order valence-electron chi connectivity index (χ0n) is 11.2. The standard InChI is InChI=1S/C17H13N3O/c21-17(13-4-1-3-11-7-9-19-16(11)13)20-15-6-2-5-14-12(15)8-10-18-14/h1-10,18-19H,(H,20,21). The summed E-state index contributed by atoms with van der Waals surface area (Å²) in [6, 6.07) is 15.4. The third-order valence-electron chi connectivity index (χ3n) is 3.68. The van der Waals surface area contributed by atoms with Crippen molar-refractivity contribution < 1.29 is 4.79 Å². The van der Waals surface area contributed by atoms with Crippen molar-refractivity contribution in [2.45, 2.75) is 0 Å². The molecule has 0 fully saturated rings. The van der Waals surface area contributed by atoms with Gasteiger partial charge >= 0.3 is 0 Å². The molecule has 0 aliphatic rings. The van der Waals surface area contributed by atoms with Crippen molar-refractivity contribution >= 4 is 33.4 Å². The van der Waals surface area contributed by atoms with Crippen LogP contribution in [0.3, 0.4) is 0 Å². The van der Waals surface area contributed by atoms with Gasteiger partial charge in [-0.2, -0.15) is 0 Å². The van der Waals surface area contributed by atoms with Gasteiger partial charge in [0, 0.05) is 28.7 Å². The number of H-pyrrole nitrogens is 2. The number of anilines is 1. The molecule has 4 heteroatoms. The highest BCUT2D eigenvalue weighted by Crippen LogP contribution is 2.24. The Labute approximate surface area is 120 Å². The van der Waals surface area contributed by atoms with E-state index in [0.29, 0.717) is 5.56 Å². The molecular weight excluding hydrogens is 262 g/mol. The zero-order chi connectivity index (χ0) is 14.2. The highest BCUT2D eigenvalue weighted by Gasteiger charge is 2.12. The van der Waals surface area contributed by atoms with Gasteiger partial charge in [-0.15, -0.1) is 0 Å². The Morgan fingerprint density at radius 1 is 0.905 bits per heavy atom. The molecule has 2 aromatic heterocycles. The van der Waals surface area contributed by atoms with Crippen LogP contribution in [0.15, 0.2) is 60.9 Å². The number of hydrogen-bond acceptors (Lipinski definition) is 1. The van der Waals surface area contributed by atoms with Crippen molar-refractivity contribution in [3.63, 3.8) is 0 Å². The molecule has 2 aromatic carbocycles. The van der Waals surface area contributed by atoms with Crippen LogP contribution >= 0.6 is 0 Å². The number of rotatable bonds is 2. The third kappa shape index (κ3) is 1.89. The smallest absolute Gasteiger partial charge is 0.257 e. The monoisotopic (exact) mass is 275 g/mol. The van der Waals surface area contributed by atoms with E-state index >= 15 is 0 Å².